The zero-order valence-electron chi connectivity index (χ0n) is 7.23. The second-order valence-electron chi connectivity index (χ2n) is 3.38. The number of aliphatic carboxylic acids is 1. The molecule has 0 spiro atoms. The SMILES string of the molecule is Cc1noc(C2CC(C(=O)O)C2)n1. The van der Waals surface area contributed by atoms with Gasteiger partial charge in [0.05, 0.1) is 5.92 Å². The third kappa shape index (κ3) is 1.41. The Bertz CT molecular complexity index is 328. The van der Waals surface area contributed by atoms with Gasteiger partial charge in [0.15, 0.2) is 5.82 Å². The Morgan fingerprint density at radius 3 is 2.77 bits per heavy atom. The quantitative estimate of drug-likeness (QED) is 0.737. The molecule has 0 aliphatic heterocycles. The minimum atomic E-state index is -0.729. The van der Waals surface area contributed by atoms with Gasteiger partial charge in [-0.05, 0) is 19.8 Å². The highest BCUT2D eigenvalue weighted by molar-refractivity contribution is 5.71. The molecular weight excluding hydrogens is 172 g/mol. The fourth-order valence-corrected chi connectivity index (χ4v) is 1.50. The van der Waals surface area contributed by atoms with E-state index in [0.717, 1.165) is 0 Å². The number of aryl methyl sites for hydroxylation is 1. The van der Waals surface area contributed by atoms with Crippen molar-refractivity contribution in [2.45, 2.75) is 25.7 Å². The molecule has 1 fully saturated rings. The second kappa shape index (κ2) is 2.83. The first-order valence-corrected chi connectivity index (χ1v) is 4.20. The van der Waals surface area contributed by atoms with Gasteiger partial charge in [-0.15, -0.1) is 0 Å². The van der Waals surface area contributed by atoms with E-state index >= 15 is 0 Å². The zero-order valence-corrected chi connectivity index (χ0v) is 7.23. The highest BCUT2D eigenvalue weighted by Gasteiger charge is 2.38. The molecule has 0 aromatic carbocycles. The van der Waals surface area contributed by atoms with E-state index in [1.165, 1.54) is 0 Å². The highest BCUT2D eigenvalue weighted by atomic mass is 16.5. The average Bonchev–Trinajstić information content (AvgIpc) is 2.31. The lowest BCUT2D eigenvalue weighted by Crippen LogP contribution is -2.28. The summed E-state index contributed by atoms with van der Waals surface area (Å²) in [6.45, 7) is 1.75. The van der Waals surface area contributed by atoms with Gasteiger partial charge >= 0.3 is 5.97 Å². The van der Waals surface area contributed by atoms with Crippen molar-refractivity contribution in [2.75, 3.05) is 0 Å². The van der Waals surface area contributed by atoms with Crippen LogP contribution < -0.4 is 0 Å². The maximum absolute atomic E-state index is 10.5. The van der Waals surface area contributed by atoms with Gasteiger partial charge in [0.2, 0.25) is 5.89 Å². The van der Waals surface area contributed by atoms with E-state index in [2.05, 4.69) is 10.1 Å². The number of nitrogens with zero attached hydrogens (tertiary/aromatic N) is 2. The van der Waals surface area contributed by atoms with Crippen molar-refractivity contribution in [2.24, 2.45) is 5.92 Å². The number of carbonyl (C=O) groups is 1. The molecule has 13 heavy (non-hydrogen) atoms. The number of aromatic nitrogens is 2. The van der Waals surface area contributed by atoms with Crippen LogP contribution in [0.1, 0.15) is 30.5 Å². The van der Waals surface area contributed by atoms with E-state index in [4.69, 9.17) is 9.63 Å². The van der Waals surface area contributed by atoms with Gasteiger partial charge in [0, 0.05) is 5.92 Å². The van der Waals surface area contributed by atoms with Crippen LogP contribution in [0.4, 0.5) is 0 Å². The lowest BCUT2D eigenvalue weighted by atomic mass is 9.75. The summed E-state index contributed by atoms with van der Waals surface area (Å²) >= 11 is 0. The van der Waals surface area contributed by atoms with Crippen LogP contribution in [0.25, 0.3) is 0 Å². The van der Waals surface area contributed by atoms with Crippen molar-refractivity contribution in [3.05, 3.63) is 11.7 Å². The van der Waals surface area contributed by atoms with E-state index in [-0.39, 0.29) is 11.8 Å². The first-order chi connectivity index (χ1) is 6.16. The fourth-order valence-electron chi connectivity index (χ4n) is 1.50. The monoisotopic (exact) mass is 182 g/mol. The molecule has 0 amide bonds. The molecular formula is C8H10N2O3. The Labute approximate surface area is 74.8 Å². The highest BCUT2D eigenvalue weighted by Crippen LogP contribution is 2.40. The number of rotatable bonds is 2. The van der Waals surface area contributed by atoms with Crippen LogP contribution in [0.2, 0.25) is 0 Å². The Kier molecular flexibility index (Phi) is 1.79. The van der Waals surface area contributed by atoms with Crippen molar-refractivity contribution in [1.29, 1.82) is 0 Å². The van der Waals surface area contributed by atoms with Crippen molar-refractivity contribution in [3.63, 3.8) is 0 Å². The molecule has 0 radical (unpaired) electrons. The molecule has 0 bridgehead atoms. The normalized spacial score (nSPS) is 26.8. The average molecular weight is 182 g/mol. The standard InChI is InChI=1S/C8H10N2O3/c1-4-9-7(13-10-4)5-2-6(3-5)8(11)12/h5-6H,2-3H2,1H3,(H,11,12). The maximum Gasteiger partial charge on any atom is 0.306 e. The van der Waals surface area contributed by atoms with Gasteiger partial charge in [0.1, 0.15) is 0 Å². The Morgan fingerprint density at radius 1 is 1.62 bits per heavy atom. The van der Waals surface area contributed by atoms with E-state index in [9.17, 15) is 4.79 Å². The molecule has 1 heterocycles. The molecule has 1 aromatic rings. The summed E-state index contributed by atoms with van der Waals surface area (Å²) in [6, 6.07) is 0. The third-order valence-electron chi connectivity index (χ3n) is 2.38. The number of carboxylic acids is 1. The van der Waals surface area contributed by atoms with Crippen molar-refractivity contribution in [3.8, 4) is 0 Å². The van der Waals surface area contributed by atoms with Gasteiger partial charge < -0.3 is 9.63 Å². The third-order valence-corrected chi connectivity index (χ3v) is 2.38. The van der Waals surface area contributed by atoms with Crippen LogP contribution in [0, 0.1) is 12.8 Å². The Hall–Kier alpha value is -1.39. The first kappa shape index (κ1) is 8.22. The molecule has 1 aliphatic rings. The zero-order chi connectivity index (χ0) is 9.42. The van der Waals surface area contributed by atoms with E-state index in [0.29, 0.717) is 24.6 Å². The summed E-state index contributed by atoms with van der Waals surface area (Å²) in [5.74, 6) is 0.385. The van der Waals surface area contributed by atoms with Gasteiger partial charge in [0.25, 0.3) is 0 Å². The molecule has 0 saturated heterocycles. The maximum atomic E-state index is 10.5. The molecule has 5 heteroatoms. The first-order valence-electron chi connectivity index (χ1n) is 4.20. The van der Waals surface area contributed by atoms with E-state index in [1.807, 2.05) is 0 Å². The molecule has 5 nitrogen and oxygen atoms in total. The predicted molar refractivity (Wildman–Crippen MR) is 42.1 cm³/mol. The summed E-state index contributed by atoms with van der Waals surface area (Å²) < 4.78 is 4.94. The number of carboxylic acid groups (broad SMARTS) is 1. The largest absolute Gasteiger partial charge is 0.481 e. The fraction of sp³-hybridized carbons (Fsp3) is 0.625. The predicted octanol–water partition coefficient (Wildman–Crippen LogP) is 0.956. The lowest BCUT2D eigenvalue weighted by Gasteiger charge is -2.28. The minimum absolute atomic E-state index is 0.155. The summed E-state index contributed by atoms with van der Waals surface area (Å²) in [6.07, 6.45) is 1.24. The minimum Gasteiger partial charge on any atom is -0.481 e. The summed E-state index contributed by atoms with van der Waals surface area (Å²) in [4.78, 5) is 14.6. The topological polar surface area (TPSA) is 76.2 Å². The summed E-state index contributed by atoms with van der Waals surface area (Å²) in [7, 11) is 0. The Morgan fingerprint density at radius 2 is 2.31 bits per heavy atom. The number of hydrogen-bond acceptors (Lipinski definition) is 4. The lowest BCUT2D eigenvalue weighted by molar-refractivity contribution is -0.145. The second-order valence-corrected chi connectivity index (χ2v) is 3.38. The van der Waals surface area contributed by atoms with Crippen molar-refractivity contribution in [1.82, 2.24) is 10.1 Å². The van der Waals surface area contributed by atoms with Crippen LogP contribution in [0.3, 0.4) is 0 Å². The summed E-state index contributed by atoms with van der Waals surface area (Å²) in [5.41, 5.74) is 0. The van der Waals surface area contributed by atoms with Crippen molar-refractivity contribution >= 4 is 5.97 Å². The molecule has 1 saturated carbocycles. The molecule has 1 aliphatic carbocycles. The van der Waals surface area contributed by atoms with E-state index in [1.54, 1.807) is 6.92 Å². The van der Waals surface area contributed by atoms with Crippen LogP contribution >= 0.6 is 0 Å². The van der Waals surface area contributed by atoms with Crippen LogP contribution in [-0.2, 0) is 4.79 Å². The van der Waals surface area contributed by atoms with Gasteiger partial charge in [-0.2, -0.15) is 4.98 Å². The molecule has 1 aromatic heterocycles. The van der Waals surface area contributed by atoms with Crippen LogP contribution in [0.5, 0.6) is 0 Å². The van der Waals surface area contributed by atoms with Crippen molar-refractivity contribution < 1.29 is 14.4 Å². The molecule has 0 unspecified atom stereocenters. The van der Waals surface area contributed by atoms with Crippen LogP contribution in [0.15, 0.2) is 4.52 Å². The molecule has 2 rings (SSSR count). The molecule has 0 atom stereocenters. The van der Waals surface area contributed by atoms with Gasteiger partial charge in [-0.1, -0.05) is 5.16 Å². The van der Waals surface area contributed by atoms with E-state index < -0.39 is 5.97 Å². The van der Waals surface area contributed by atoms with Gasteiger partial charge in [-0.25, -0.2) is 0 Å². The number of hydrogen-bond donors (Lipinski definition) is 1. The summed E-state index contributed by atoms with van der Waals surface area (Å²) in [5, 5.41) is 12.3. The van der Waals surface area contributed by atoms with Crippen LogP contribution in [-0.4, -0.2) is 21.2 Å². The smallest absolute Gasteiger partial charge is 0.306 e. The molecule has 1 N–H and O–H groups in total. The molecule has 70 valence electrons. The Balaban J connectivity index is 1.97. The van der Waals surface area contributed by atoms with Gasteiger partial charge in [-0.3, -0.25) is 4.79 Å².